The third-order valence-electron chi connectivity index (χ3n) is 2.76. The van der Waals surface area contributed by atoms with Crippen LogP contribution < -0.4 is 5.73 Å². The monoisotopic (exact) mass is 277 g/mol. The maximum Gasteiger partial charge on any atom is 0.186 e. The van der Waals surface area contributed by atoms with Gasteiger partial charge in [-0.1, -0.05) is 11.6 Å². The molecular formula is C12H9ClFN5. The predicted octanol–water partition coefficient (Wildman–Crippen LogP) is 2.32. The van der Waals surface area contributed by atoms with Gasteiger partial charge >= 0.3 is 0 Å². The highest BCUT2D eigenvalue weighted by Crippen LogP contribution is 2.23. The van der Waals surface area contributed by atoms with Crippen LogP contribution in [0.3, 0.4) is 0 Å². The average Bonchev–Trinajstić information content (AvgIpc) is 2.72. The molecule has 2 aromatic heterocycles. The first-order chi connectivity index (χ1) is 9.13. The van der Waals surface area contributed by atoms with E-state index in [4.69, 9.17) is 17.3 Å². The van der Waals surface area contributed by atoms with E-state index in [1.54, 1.807) is 6.07 Å². The summed E-state index contributed by atoms with van der Waals surface area (Å²) in [5, 5.41) is 7.89. The fourth-order valence-electron chi connectivity index (χ4n) is 1.99. The molecule has 7 heteroatoms. The Hall–Kier alpha value is -2.21. The Bertz CT molecular complexity index is 735. The van der Waals surface area contributed by atoms with Crippen molar-refractivity contribution in [2.75, 3.05) is 5.73 Å². The van der Waals surface area contributed by atoms with E-state index in [1.807, 2.05) is 0 Å². The second kappa shape index (κ2) is 4.47. The second-order valence-corrected chi connectivity index (χ2v) is 4.55. The first-order valence-electron chi connectivity index (χ1n) is 5.52. The lowest BCUT2D eigenvalue weighted by Gasteiger charge is -2.02. The zero-order chi connectivity index (χ0) is 13.4. The number of nitrogens with one attached hydrogen (secondary N) is 1. The number of hydrogen-bond acceptors (Lipinski definition) is 4. The van der Waals surface area contributed by atoms with E-state index in [2.05, 4.69) is 20.2 Å². The number of halogens is 2. The standard InChI is InChI=1S/C12H9ClFN5/c13-7-1-6(2-8(14)4-7)3-9-10-11(15)16-5-17-12(10)19-18-9/h1-2,4-5H,3H2,(H3,15,16,17,18,19). The number of H-pyrrole nitrogens is 1. The van der Waals surface area contributed by atoms with Crippen molar-refractivity contribution in [1.82, 2.24) is 20.2 Å². The number of aromatic nitrogens is 4. The minimum absolute atomic E-state index is 0.344. The molecule has 0 radical (unpaired) electrons. The highest BCUT2D eigenvalue weighted by Gasteiger charge is 2.11. The minimum atomic E-state index is -0.379. The molecule has 96 valence electrons. The molecule has 0 fully saturated rings. The van der Waals surface area contributed by atoms with Crippen LogP contribution in [0.1, 0.15) is 11.3 Å². The molecule has 3 aromatic rings. The van der Waals surface area contributed by atoms with Crippen LogP contribution in [0.2, 0.25) is 5.02 Å². The first kappa shape index (κ1) is 11.9. The topological polar surface area (TPSA) is 80.5 Å². The summed E-state index contributed by atoms with van der Waals surface area (Å²) in [6.45, 7) is 0. The van der Waals surface area contributed by atoms with Gasteiger partial charge in [-0.3, -0.25) is 5.10 Å². The van der Waals surface area contributed by atoms with Gasteiger partial charge in [0.05, 0.1) is 11.1 Å². The molecule has 0 spiro atoms. The van der Waals surface area contributed by atoms with Crippen LogP contribution in [0.5, 0.6) is 0 Å². The van der Waals surface area contributed by atoms with E-state index in [-0.39, 0.29) is 5.82 Å². The van der Waals surface area contributed by atoms with E-state index in [0.717, 1.165) is 11.3 Å². The van der Waals surface area contributed by atoms with Crippen molar-refractivity contribution in [2.45, 2.75) is 6.42 Å². The SMILES string of the molecule is Nc1ncnc2n[nH]c(Cc3cc(F)cc(Cl)c3)c12. The van der Waals surface area contributed by atoms with Crippen molar-refractivity contribution in [2.24, 2.45) is 0 Å². The van der Waals surface area contributed by atoms with Crippen molar-refractivity contribution in [3.63, 3.8) is 0 Å². The number of rotatable bonds is 2. The van der Waals surface area contributed by atoms with Crippen molar-refractivity contribution in [3.05, 3.63) is 46.6 Å². The van der Waals surface area contributed by atoms with Gasteiger partial charge in [0.1, 0.15) is 18.0 Å². The minimum Gasteiger partial charge on any atom is -0.383 e. The number of nitrogens with zero attached hydrogens (tertiary/aromatic N) is 3. The number of fused-ring (bicyclic) bond motifs is 1. The van der Waals surface area contributed by atoms with E-state index in [1.165, 1.54) is 18.5 Å². The molecule has 1 aromatic carbocycles. The van der Waals surface area contributed by atoms with Crippen LogP contribution >= 0.6 is 11.6 Å². The van der Waals surface area contributed by atoms with Crippen LogP contribution in [0.25, 0.3) is 11.0 Å². The fourth-order valence-corrected chi connectivity index (χ4v) is 2.23. The van der Waals surface area contributed by atoms with Crippen LogP contribution in [0.15, 0.2) is 24.5 Å². The number of nitrogen functional groups attached to an aromatic ring is 1. The lowest BCUT2D eigenvalue weighted by Crippen LogP contribution is -1.96. The summed E-state index contributed by atoms with van der Waals surface area (Å²) in [6.07, 6.45) is 1.77. The maximum absolute atomic E-state index is 13.3. The normalized spacial score (nSPS) is 11.1. The molecule has 0 unspecified atom stereocenters. The Labute approximate surface area is 112 Å². The van der Waals surface area contributed by atoms with Gasteiger partial charge in [0, 0.05) is 11.4 Å². The van der Waals surface area contributed by atoms with Crippen molar-refractivity contribution >= 4 is 28.5 Å². The largest absolute Gasteiger partial charge is 0.383 e. The first-order valence-corrected chi connectivity index (χ1v) is 5.89. The Morgan fingerprint density at radius 3 is 2.89 bits per heavy atom. The molecule has 0 atom stereocenters. The Kier molecular flexibility index (Phi) is 2.79. The molecule has 0 aliphatic carbocycles. The summed E-state index contributed by atoms with van der Waals surface area (Å²) in [7, 11) is 0. The van der Waals surface area contributed by atoms with Gasteiger partial charge in [-0.2, -0.15) is 5.10 Å². The van der Waals surface area contributed by atoms with Gasteiger partial charge in [0.2, 0.25) is 0 Å². The molecule has 3 rings (SSSR count). The van der Waals surface area contributed by atoms with E-state index >= 15 is 0 Å². The quantitative estimate of drug-likeness (QED) is 0.753. The van der Waals surface area contributed by atoms with Crippen LogP contribution in [-0.4, -0.2) is 20.2 Å². The lowest BCUT2D eigenvalue weighted by molar-refractivity contribution is 0.626. The van der Waals surface area contributed by atoms with Gasteiger partial charge < -0.3 is 5.73 Å². The molecule has 0 bridgehead atoms. The predicted molar refractivity (Wildman–Crippen MR) is 70.3 cm³/mol. The molecule has 19 heavy (non-hydrogen) atoms. The van der Waals surface area contributed by atoms with Gasteiger partial charge in [0.25, 0.3) is 0 Å². The lowest BCUT2D eigenvalue weighted by atomic mass is 10.1. The van der Waals surface area contributed by atoms with Gasteiger partial charge in [-0.05, 0) is 23.8 Å². The molecule has 0 aliphatic rings. The Morgan fingerprint density at radius 1 is 1.26 bits per heavy atom. The molecule has 2 heterocycles. The summed E-state index contributed by atoms with van der Waals surface area (Å²) in [5.41, 5.74) is 7.75. The number of aromatic amines is 1. The van der Waals surface area contributed by atoms with Crippen LogP contribution in [-0.2, 0) is 6.42 Å². The molecular weight excluding hydrogens is 269 g/mol. The third-order valence-corrected chi connectivity index (χ3v) is 2.98. The number of anilines is 1. The smallest absolute Gasteiger partial charge is 0.186 e. The van der Waals surface area contributed by atoms with Crippen LogP contribution in [0, 0.1) is 5.82 Å². The Morgan fingerprint density at radius 2 is 2.11 bits per heavy atom. The second-order valence-electron chi connectivity index (χ2n) is 4.11. The molecule has 0 saturated carbocycles. The van der Waals surface area contributed by atoms with Gasteiger partial charge in [-0.25, -0.2) is 14.4 Å². The summed E-state index contributed by atoms with van der Waals surface area (Å²) in [5.74, 6) is -0.0354. The van der Waals surface area contributed by atoms with Crippen molar-refractivity contribution < 1.29 is 4.39 Å². The number of hydrogen-bond donors (Lipinski definition) is 2. The number of nitrogens with two attached hydrogens (primary N) is 1. The van der Waals surface area contributed by atoms with E-state index < -0.39 is 0 Å². The molecule has 5 nitrogen and oxygen atoms in total. The van der Waals surface area contributed by atoms with Crippen molar-refractivity contribution in [1.29, 1.82) is 0 Å². The van der Waals surface area contributed by atoms with E-state index in [9.17, 15) is 4.39 Å². The maximum atomic E-state index is 13.3. The molecule has 0 aliphatic heterocycles. The highest BCUT2D eigenvalue weighted by atomic mass is 35.5. The molecule has 0 amide bonds. The fraction of sp³-hybridized carbons (Fsp3) is 0.0833. The summed E-state index contributed by atoms with van der Waals surface area (Å²) in [4.78, 5) is 7.93. The zero-order valence-corrected chi connectivity index (χ0v) is 10.4. The van der Waals surface area contributed by atoms with E-state index in [0.29, 0.717) is 28.3 Å². The summed E-state index contributed by atoms with van der Waals surface area (Å²) in [6, 6.07) is 4.36. The molecule has 0 saturated heterocycles. The third kappa shape index (κ3) is 2.22. The van der Waals surface area contributed by atoms with Gasteiger partial charge in [-0.15, -0.1) is 0 Å². The average molecular weight is 278 g/mol. The highest BCUT2D eigenvalue weighted by molar-refractivity contribution is 6.30. The van der Waals surface area contributed by atoms with Crippen molar-refractivity contribution in [3.8, 4) is 0 Å². The zero-order valence-electron chi connectivity index (χ0n) is 9.69. The summed E-state index contributed by atoms with van der Waals surface area (Å²) >= 11 is 5.82. The molecule has 3 N–H and O–H groups in total. The summed E-state index contributed by atoms with van der Waals surface area (Å²) < 4.78 is 13.3. The number of benzene rings is 1. The van der Waals surface area contributed by atoms with Crippen LogP contribution in [0.4, 0.5) is 10.2 Å². The Balaban J connectivity index is 2.06. The van der Waals surface area contributed by atoms with Gasteiger partial charge in [0.15, 0.2) is 5.65 Å².